The van der Waals surface area contributed by atoms with Gasteiger partial charge in [0.05, 0.1) is 6.04 Å². The first-order valence-corrected chi connectivity index (χ1v) is 5.79. The van der Waals surface area contributed by atoms with Crippen molar-refractivity contribution >= 4 is 11.8 Å². The molecule has 19 heavy (non-hydrogen) atoms. The van der Waals surface area contributed by atoms with E-state index in [2.05, 4.69) is 15.5 Å². The molecule has 1 aromatic carbocycles. The minimum atomic E-state index is -1.09. The first kappa shape index (κ1) is 11.5. The molecule has 1 unspecified atom stereocenters. The van der Waals surface area contributed by atoms with Gasteiger partial charge in [0.15, 0.2) is 5.69 Å². The van der Waals surface area contributed by atoms with Crippen molar-refractivity contribution in [3.05, 3.63) is 47.7 Å². The first-order chi connectivity index (χ1) is 9.24. The summed E-state index contributed by atoms with van der Waals surface area (Å²) in [5, 5.41) is 19.4. The van der Waals surface area contributed by atoms with Crippen LogP contribution in [0.2, 0.25) is 0 Å². The highest BCUT2D eigenvalue weighted by Crippen LogP contribution is 2.33. The van der Waals surface area contributed by atoms with Gasteiger partial charge < -0.3 is 15.2 Å². The van der Waals surface area contributed by atoms with Crippen molar-refractivity contribution < 1.29 is 14.6 Å². The lowest BCUT2D eigenvalue weighted by atomic mass is 10.1. The molecule has 0 aliphatic carbocycles. The highest BCUT2D eigenvalue weighted by atomic mass is 16.5. The maximum atomic E-state index is 10.7. The van der Waals surface area contributed by atoms with Gasteiger partial charge in [-0.25, -0.2) is 4.79 Å². The van der Waals surface area contributed by atoms with Crippen molar-refractivity contribution in [3.63, 3.8) is 0 Å². The van der Waals surface area contributed by atoms with Crippen molar-refractivity contribution in [1.29, 1.82) is 0 Å². The van der Waals surface area contributed by atoms with Crippen LogP contribution in [0.25, 0.3) is 0 Å². The van der Waals surface area contributed by atoms with Crippen LogP contribution in [0.4, 0.5) is 5.82 Å². The number of fused-ring (bicyclic) bond motifs is 1. The minimum absolute atomic E-state index is 0.00109. The van der Waals surface area contributed by atoms with Crippen LogP contribution in [0.5, 0.6) is 5.75 Å². The number of carbonyl (C=O) groups is 1. The average molecular weight is 257 g/mol. The van der Waals surface area contributed by atoms with E-state index in [1.807, 2.05) is 24.3 Å². The summed E-state index contributed by atoms with van der Waals surface area (Å²) in [6.45, 7) is 0.516. The zero-order valence-corrected chi connectivity index (χ0v) is 9.91. The molecule has 1 aliphatic heterocycles. The third kappa shape index (κ3) is 2.20. The lowest BCUT2D eigenvalue weighted by molar-refractivity contribution is 0.0689. The van der Waals surface area contributed by atoms with Gasteiger partial charge in [0, 0.05) is 5.56 Å². The number of carboxylic acids is 1. The summed E-state index contributed by atoms with van der Waals surface area (Å²) in [6, 6.07) is 10.8. The SMILES string of the molecule is O=C(O)c1ccc(NC2COc3ccccc32)nn1. The molecule has 1 atom stereocenters. The van der Waals surface area contributed by atoms with Gasteiger partial charge in [0.1, 0.15) is 18.2 Å². The van der Waals surface area contributed by atoms with Crippen molar-refractivity contribution in [2.45, 2.75) is 6.04 Å². The molecule has 6 nitrogen and oxygen atoms in total. The number of ether oxygens (including phenoxy) is 1. The van der Waals surface area contributed by atoms with Crippen LogP contribution >= 0.6 is 0 Å². The molecule has 1 aromatic heterocycles. The van der Waals surface area contributed by atoms with E-state index in [4.69, 9.17) is 9.84 Å². The molecule has 6 heteroatoms. The van der Waals surface area contributed by atoms with Gasteiger partial charge in [-0.1, -0.05) is 18.2 Å². The standard InChI is InChI=1S/C13H11N3O3/c17-13(18)9-5-6-12(16-15-9)14-10-7-19-11-4-2-1-3-8(10)11/h1-6,10H,7H2,(H,14,16)(H,17,18). The molecule has 2 aromatic rings. The number of aromatic nitrogens is 2. The summed E-state index contributed by atoms with van der Waals surface area (Å²) in [7, 11) is 0. The number of anilines is 1. The number of benzene rings is 1. The number of carboxylic acid groups (broad SMARTS) is 1. The normalized spacial score (nSPS) is 16.5. The second-order valence-electron chi connectivity index (χ2n) is 4.15. The Morgan fingerprint density at radius 2 is 2.11 bits per heavy atom. The summed E-state index contributed by atoms with van der Waals surface area (Å²) >= 11 is 0. The molecule has 0 radical (unpaired) electrons. The fourth-order valence-electron chi connectivity index (χ4n) is 1.98. The number of nitrogens with one attached hydrogen (secondary N) is 1. The Morgan fingerprint density at radius 3 is 2.84 bits per heavy atom. The van der Waals surface area contributed by atoms with Crippen LogP contribution in [0, 0.1) is 0 Å². The molecule has 2 heterocycles. The van der Waals surface area contributed by atoms with Gasteiger partial charge in [-0.3, -0.25) is 0 Å². The Morgan fingerprint density at radius 1 is 1.26 bits per heavy atom. The van der Waals surface area contributed by atoms with Crippen LogP contribution in [0.15, 0.2) is 36.4 Å². The molecule has 1 aliphatic rings. The molecule has 2 N–H and O–H groups in total. The minimum Gasteiger partial charge on any atom is -0.491 e. The molecule has 0 fully saturated rings. The summed E-state index contributed by atoms with van der Waals surface area (Å²) < 4.78 is 5.54. The number of para-hydroxylation sites is 1. The molecule has 0 bridgehead atoms. The van der Waals surface area contributed by atoms with E-state index in [0.717, 1.165) is 11.3 Å². The topological polar surface area (TPSA) is 84.3 Å². The smallest absolute Gasteiger partial charge is 0.356 e. The number of rotatable bonds is 3. The Bertz CT molecular complexity index is 613. The van der Waals surface area contributed by atoms with E-state index >= 15 is 0 Å². The van der Waals surface area contributed by atoms with Crippen LogP contribution in [0.3, 0.4) is 0 Å². The molecule has 0 saturated carbocycles. The monoisotopic (exact) mass is 257 g/mol. The molecule has 0 amide bonds. The van der Waals surface area contributed by atoms with Crippen LogP contribution in [-0.2, 0) is 0 Å². The van der Waals surface area contributed by atoms with E-state index in [1.165, 1.54) is 6.07 Å². The number of hydrogen-bond acceptors (Lipinski definition) is 5. The number of hydrogen-bond donors (Lipinski definition) is 2. The molecule has 0 saturated heterocycles. The zero-order valence-electron chi connectivity index (χ0n) is 9.91. The third-order valence-electron chi connectivity index (χ3n) is 2.91. The highest BCUT2D eigenvalue weighted by molar-refractivity contribution is 5.85. The van der Waals surface area contributed by atoms with Crippen LogP contribution in [0.1, 0.15) is 22.1 Å². The molecular formula is C13H11N3O3. The first-order valence-electron chi connectivity index (χ1n) is 5.79. The summed E-state index contributed by atoms with van der Waals surface area (Å²) in [5.41, 5.74) is 0.986. The predicted molar refractivity (Wildman–Crippen MR) is 67.3 cm³/mol. The third-order valence-corrected chi connectivity index (χ3v) is 2.91. The Hall–Kier alpha value is -2.63. The van der Waals surface area contributed by atoms with Gasteiger partial charge >= 0.3 is 5.97 Å². The van der Waals surface area contributed by atoms with Crippen LogP contribution in [-0.4, -0.2) is 27.9 Å². The number of nitrogens with zero attached hydrogens (tertiary/aromatic N) is 2. The van der Waals surface area contributed by atoms with Gasteiger partial charge in [-0.15, -0.1) is 10.2 Å². The van der Waals surface area contributed by atoms with Gasteiger partial charge in [-0.05, 0) is 18.2 Å². The average Bonchev–Trinajstić information content (AvgIpc) is 2.83. The quantitative estimate of drug-likeness (QED) is 0.871. The van der Waals surface area contributed by atoms with E-state index in [9.17, 15) is 4.79 Å². The molecule has 96 valence electrons. The maximum Gasteiger partial charge on any atom is 0.356 e. The molecular weight excluding hydrogens is 246 g/mol. The molecule has 3 rings (SSSR count). The fraction of sp³-hybridized carbons (Fsp3) is 0.154. The van der Waals surface area contributed by atoms with E-state index < -0.39 is 5.97 Å². The van der Waals surface area contributed by atoms with Crippen molar-refractivity contribution in [3.8, 4) is 5.75 Å². The largest absolute Gasteiger partial charge is 0.491 e. The Kier molecular flexibility index (Phi) is 2.75. The van der Waals surface area contributed by atoms with Gasteiger partial charge in [0.2, 0.25) is 0 Å². The van der Waals surface area contributed by atoms with Crippen molar-refractivity contribution in [2.24, 2.45) is 0 Å². The predicted octanol–water partition coefficient (Wildman–Crippen LogP) is 1.72. The van der Waals surface area contributed by atoms with Gasteiger partial charge in [-0.2, -0.15) is 0 Å². The second-order valence-corrected chi connectivity index (χ2v) is 4.15. The highest BCUT2D eigenvalue weighted by Gasteiger charge is 2.23. The van der Waals surface area contributed by atoms with E-state index in [-0.39, 0.29) is 11.7 Å². The lowest BCUT2D eigenvalue weighted by Crippen LogP contribution is -2.14. The Labute approximate surface area is 109 Å². The van der Waals surface area contributed by atoms with E-state index in [1.54, 1.807) is 6.07 Å². The Balaban J connectivity index is 1.78. The summed E-state index contributed by atoms with van der Waals surface area (Å²) in [6.07, 6.45) is 0. The summed E-state index contributed by atoms with van der Waals surface area (Å²) in [4.78, 5) is 10.7. The summed E-state index contributed by atoms with van der Waals surface area (Å²) in [5.74, 6) is 0.291. The van der Waals surface area contributed by atoms with E-state index in [0.29, 0.717) is 12.4 Å². The second kappa shape index (κ2) is 4.56. The van der Waals surface area contributed by atoms with Crippen molar-refractivity contribution in [1.82, 2.24) is 10.2 Å². The maximum absolute atomic E-state index is 10.7. The lowest BCUT2D eigenvalue weighted by Gasteiger charge is -2.11. The van der Waals surface area contributed by atoms with Crippen molar-refractivity contribution in [2.75, 3.05) is 11.9 Å². The fourth-order valence-corrected chi connectivity index (χ4v) is 1.98. The molecule has 0 spiro atoms. The zero-order chi connectivity index (χ0) is 13.2. The van der Waals surface area contributed by atoms with Crippen LogP contribution < -0.4 is 10.1 Å². The number of aromatic carboxylic acids is 1. The van der Waals surface area contributed by atoms with Gasteiger partial charge in [0.25, 0.3) is 0 Å².